The smallest absolute Gasteiger partial charge is 0.250 e. The molecule has 1 saturated heterocycles. The van der Waals surface area contributed by atoms with Crippen molar-refractivity contribution >= 4 is 22.5 Å². The van der Waals surface area contributed by atoms with Crippen LogP contribution < -0.4 is 15.8 Å². The first-order valence-corrected chi connectivity index (χ1v) is 10.5. The minimum Gasteiger partial charge on any atom is -0.371 e. The number of carbonyl (C=O) groups is 1. The lowest BCUT2D eigenvalue weighted by atomic mass is 9.96. The first-order chi connectivity index (χ1) is 14.5. The van der Waals surface area contributed by atoms with Crippen LogP contribution in [0.3, 0.4) is 0 Å². The standard InChI is InChI=1S/C24H28N4O2/c1-17-12-18(2)24-20(13-17)21(8-9-25-24)27-11-5-6-19(15-27)14-26-22(29)16-28-10-4-3-7-23(28)30/h3-4,7-10,12-13,19H,5-6,11,14-16H2,1-2H3,(H,26,29). The predicted octanol–water partition coefficient (Wildman–Crippen LogP) is 3.05. The van der Waals surface area contributed by atoms with Crippen LogP contribution in [0.2, 0.25) is 0 Å². The summed E-state index contributed by atoms with van der Waals surface area (Å²) in [5, 5.41) is 4.22. The summed E-state index contributed by atoms with van der Waals surface area (Å²) in [7, 11) is 0. The summed E-state index contributed by atoms with van der Waals surface area (Å²) in [6, 6.07) is 11.4. The van der Waals surface area contributed by atoms with Gasteiger partial charge >= 0.3 is 0 Å². The van der Waals surface area contributed by atoms with Gasteiger partial charge in [0.05, 0.1) is 5.52 Å². The third-order valence-corrected chi connectivity index (χ3v) is 5.82. The number of nitrogens with one attached hydrogen (secondary N) is 1. The summed E-state index contributed by atoms with van der Waals surface area (Å²) in [5.74, 6) is 0.255. The van der Waals surface area contributed by atoms with Gasteiger partial charge in [-0.1, -0.05) is 17.7 Å². The van der Waals surface area contributed by atoms with Crippen LogP contribution in [-0.2, 0) is 11.3 Å². The molecule has 0 spiro atoms. The number of benzene rings is 1. The number of pyridine rings is 2. The van der Waals surface area contributed by atoms with Gasteiger partial charge in [0.2, 0.25) is 5.91 Å². The Morgan fingerprint density at radius 3 is 2.93 bits per heavy atom. The van der Waals surface area contributed by atoms with Crippen molar-refractivity contribution in [2.75, 3.05) is 24.5 Å². The number of rotatable bonds is 5. The van der Waals surface area contributed by atoms with E-state index in [-0.39, 0.29) is 18.0 Å². The maximum absolute atomic E-state index is 12.3. The largest absolute Gasteiger partial charge is 0.371 e. The van der Waals surface area contributed by atoms with Gasteiger partial charge < -0.3 is 14.8 Å². The zero-order valence-electron chi connectivity index (χ0n) is 17.6. The number of hydrogen-bond acceptors (Lipinski definition) is 4. The number of nitrogens with zero attached hydrogens (tertiary/aromatic N) is 3. The van der Waals surface area contributed by atoms with E-state index in [4.69, 9.17) is 0 Å². The lowest BCUT2D eigenvalue weighted by Crippen LogP contribution is -2.42. The van der Waals surface area contributed by atoms with E-state index < -0.39 is 0 Å². The Balaban J connectivity index is 1.43. The molecule has 0 aliphatic carbocycles. The average Bonchev–Trinajstić information content (AvgIpc) is 2.74. The third-order valence-electron chi connectivity index (χ3n) is 5.82. The van der Waals surface area contributed by atoms with Gasteiger partial charge in [-0.15, -0.1) is 0 Å². The van der Waals surface area contributed by atoms with E-state index >= 15 is 0 Å². The van der Waals surface area contributed by atoms with Crippen LogP contribution >= 0.6 is 0 Å². The molecule has 1 aliphatic heterocycles. The number of carbonyl (C=O) groups excluding carboxylic acids is 1. The maximum atomic E-state index is 12.3. The second-order valence-corrected chi connectivity index (χ2v) is 8.23. The van der Waals surface area contributed by atoms with Crippen molar-refractivity contribution in [2.45, 2.75) is 33.2 Å². The molecule has 1 N–H and O–H groups in total. The Morgan fingerprint density at radius 2 is 2.10 bits per heavy atom. The fourth-order valence-electron chi connectivity index (χ4n) is 4.39. The van der Waals surface area contributed by atoms with E-state index in [0.29, 0.717) is 12.5 Å². The molecule has 0 radical (unpaired) electrons. The monoisotopic (exact) mass is 404 g/mol. The molecule has 3 aromatic rings. The van der Waals surface area contributed by atoms with E-state index in [1.54, 1.807) is 18.3 Å². The van der Waals surface area contributed by atoms with Crippen LogP contribution in [0.5, 0.6) is 0 Å². The maximum Gasteiger partial charge on any atom is 0.250 e. The predicted molar refractivity (Wildman–Crippen MR) is 120 cm³/mol. The first-order valence-electron chi connectivity index (χ1n) is 10.5. The van der Waals surface area contributed by atoms with Gasteiger partial charge in [0.15, 0.2) is 0 Å². The average molecular weight is 405 g/mol. The van der Waals surface area contributed by atoms with Gasteiger partial charge in [-0.2, -0.15) is 0 Å². The van der Waals surface area contributed by atoms with Crippen molar-refractivity contribution in [2.24, 2.45) is 5.92 Å². The Hall–Kier alpha value is -3.15. The number of aryl methyl sites for hydroxylation is 2. The van der Waals surface area contributed by atoms with E-state index in [1.165, 1.54) is 32.8 Å². The van der Waals surface area contributed by atoms with Crippen molar-refractivity contribution in [3.8, 4) is 0 Å². The fourth-order valence-corrected chi connectivity index (χ4v) is 4.39. The number of fused-ring (bicyclic) bond motifs is 1. The van der Waals surface area contributed by atoms with Crippen LogP contribution in [0.1, 0.15) is 24.0 Å². The first kappa shape index (κ1) is 20.1. The minimum absolute atomic E-state index is 0.0592. The quantitative estimate of drug-likeness (QED) is 0.710. The molecule has 1 aromatic carbocycles. The van der Waals surface area contributed by atoms with Crippen LogP contribution in [-0.4, -0.2) is 35.1 Å². The third kappa shape index (κ3) is 4.37. The molecule has 1 fully saturated rings. The number of amides is 1. The SMILES string of the molecule is Cc1cc(C)c2nccc(N3CCCC(CNC(=O)Cn4ccccc4=O)C3)c2c1. The zero-order chi connectivity index (χ0) is 21.1. The second-order valence-electron chi connectivity index (χ2n) is 8.23. The lowest BCUT2D eigenvalue weighted by Gasteiger charge is -2.35. The molecule has 1 amide bonds. The van der Waals surface area contributed by atoms with Crippen LogP contribution in [0, 0.1) is 19.8 Å². The summed E-state index contributed by atoms with van der Waals surface area (Å²) < 4.78 is 1.43. The molecule has 1 unspecified atom stereocenters. The highest BCUT2D eigenvalue weighted by Gasteiger charge is 2.22. The topological polar surface area (TPSA) is 67.2 Å². The summed E-state index contributed by atoms with van der Waals surface area (Å²) in [4.78, 5) is 31.1. The molecule has 2 aromatic heterocycles. The molecule has 3 heterocycles. The van der Waals surface area contributed by atoms with E-state index in [1.807, 2.05) is 6.20 Å². The van der Waals surface area contributed by atoms with Crippen LogP contribution in [0.15, 0.2) is 53.6 Å². The zero-order valence-corrected chi connectivity index (χ0v) is 17.6. The van der Waals surface area contributed by atoms with Gasteiger partial charge in [-0.3, -0.25) is 14.6 Å². The highest BCUT2D eigenvalue weighted by molar-refractivity contribution is 5.94. The molecule has 6 heteroatoms. The van der Waals surface area contributed by atoms with Gasteiger partial charge in [0.25, 0.3) is 5.56 Å². The number of hydrogen-bond donors (Lipinski definition) is 1. The molecule has 0 saturated carbocycles. The van der Waals surface area contributed by atoms with Gasteiger partial charge in [-0.25, -0.2) is 0 Å². The number of aromatic nitrogens is 2. The van der Waals surface area contributed by atoms with Crippen LogP contribution in [0.25, 0.3) is 10.9 Å². The molecule has 4 rings (SSSR count). The molecule has 1 aliphatic rings. The molecular weight excluding hydrogens is 376 g/mol. The van der Waals surface area contributed by atoms with Crippen molar-refractivity contribution in [1.82, 2.24) is 14.9 Å². The van der Waals surface area contributed by atoms with Gasteiger partial charge in [0.1, 0.15) is 6.54 Å². The van der Waals surface area contributed by atoms with Crippen molar-refractivity contribution < 1.29 is 4.79 Å². The van der Waals surface area contributed by atoms with Crippen molar-refractivity contribution in [3.63, 3.8) is 0 Å². The Morgan fingerprint density at radius 1 is 1.23 bits per heavy atom. The molecule has 6 nitrogen and oxygen atoms in total. The van der Waals surface area contributed by atoms with Crippen molar-refractivity contribution in [1.29, 1.82) is 0 Å². The normalized spacial score (nSPS) is 16.6. The number of piperidine rings is 1. The summed E-state index contributed by atoms with van der Waals surface area (Å²) in [6.07, 6.45) is 5.71. The van der Waals surface area contributed by atoms with Crippen LogP contribution in [0.4, 0.5) is 5.69 Å². The summed E-state index contributed by atoms with van der Waals surface area (Å²) in [5.41, 5.74) is 4.56. The highest BCUT2D eigenvalue weighted by Crippen LogP contribution is 2.31. The molecule has 156 valence electrons. The Bertz CT molecular complexity index is 1120. The molecule has 0 bridgehead atoms. The Kier molecular flexibility index (Phi) is 5.84. The Labute approximate surface area is 176 Å². The van der Waals surface area contributed by atoms with Gasteiger partial charge in [0, 0.05) is 49.2 Å². The van der Waals surface area contributed by atoms with E-state index in [0.717, 1.165) is 31.4 Å². The number of anilines is 1. The minimum atomic E-state index is -0.161. The second kappa shape index (κ2) is 8.69. The molecule has 30 heavy (non-hydrogen) atoms. The molecule has 1 atom stereocenters. The fraction of sp³-hybridized carbons (Fsp3) is 0.375. The van der Waals surface area contributed by atoms with Crippen molar-refractivity contribution in [3.05, 3.63) is 70.3 Å². The van der Waals surface area contributed by atoms with E-state index in [2.05, 4.69) is 47.2 Å². The lowest BCUT2D eigenvalue weighted by molar-refractivity contribution is -0.121. The van der Waals surface area contributed by atoms with Gasteiger partial charge in [-0.05, 0) is 56.4 Å². The summed E-state index contributed by atoms with van der Waals surface area (Å²) in [6.45, 7) is 6.82. The summed E-state index contributed by atoms with van der Waals surface area (Å²) >= 11 is 0. The van der Waals surface area contributed by atoms with E-state index in [9.17, 15) is 9.59 Å². The molecular formula is C24H28N4O2. The highest BCUT2D eigenvalue weighted by atomic mass is 16.2.